The van der Waals surface area contributed by atoms with Crippen molar-refractivity contribution in [1.82, 2.24) is 20.0 Å². The molecule has 0 aliphatic heterocycles. The molecule has 0 amide bonds. The van der Waals surface area contributed by atoms with E-state index in [2.05, 4.69) is 15.3 Å². The van der Waals surface area contributed by atoms with E-state index in [1.807, 2.05) is 6.92 Å². The van der Waals surface area contributed by atoms with Crippen LogP contribution < -0.4 is 0 Å². The number of alkyl halides is 3. The zero-order valence-corrected chi connectivity index (χ0v) is 15.8. The van der Waals surface area contributed by atoms with E-state index >= 15 is 0 Å². The standard InChI is InChI=1S/C22H15F3N4O/c1-14-11-12-26-18(13-14)20-19(21(30)15-5-3-2-4-6-15)27-28-29(20)17-9-7-16(8-10-17)22(23,24)25/h2-13H,1H3. The summed E-state index contributed by atoms with van der Waals surface area (Å²) in [4.78, 5) is 17.4. The lowest BCUT2D eigenvalue weighted by atomic mass is 10.0. The number of aromatic nitrogens is 4. The Bertz CT molecular complexity index is 1200. The average Bonchev–Trinajstić information content (AvgIpc) is 3.18. The molecule has 8 heteroatoms. The van der Waals surface area contributed by atoms with Crippen LogP contribution in [0.4, 0.5) is 13.2 Å². The molecule has 0 radical (unpaired) electrons. The number of benzene rings is 2. The van der Waals surface area contributed by atoms with Gasteiger partial charge in [-0.05, 0) is 48.9 Å². The second kappa shape index (κ2) is 7.55. The van der Waals surface area contributed by atoms with Crippen molar-refractivity contribution < 1.29 is 18.0 Å². The summed E-state index contributed by atoms with van der Waals surface area (Å²) in [5.41, 5.74) is 1.71. The third-order valence-electron chi connectivity index (χ3n) is 4.52. The first-order valence-corrected chi connectivity index (χ1v) is 9.01. The first-order chi connectivity index (χ1) is 14.3. The molecule has 5 nitrogen and oxygen atoms in total. The first kappa shape index (κ1) is 19.5. The molecular weight excluding hydrogens is 393 g/mol. The van der Waals surface area contributed by atoms with Gasteiger partial charge in [-0.15, -0.1) is 5.10 Å². The van der Waals surface area contributed by atoms with E-state index < -0.39 is 11.7 Å². The summed E-state index contributed by atoms with van der Waals surface area (Å²) < 4.78 is 40.1. The minimum atomic E-state index is -4.45. The van der Waals surface area contributed by atoms with Gasteiger partial charge in [0.05, 0.1) is 16.9 Å². The summed E-state index contributed by atoms with van der Waals surface area (Å²) >= 11 is 0. The molecule has 0 unspecified atom stereocenters. The molecule has 2 heterocycles. The predicted molar refractivity (Wildman–Crippen MR) is 104 cm³/mol. The molecule has 2 aromatic carbocycles. The zero-order valence-electron chi connectivity index (χ0n) is 15.8. The van der Waals surface area contributed by atoms with E-state index in [0.717, 1.165) is 17.7 Å². The van der Waals surface area contributed by atoms with Crippen LogP contribution in [0.1, 0.15) is 27.2 Å². The number of nitrogens with zero attached hydrogens (tertiary/aromatic N) is 4. The van der Waals surface area contributed by atoms with Gasteiger partial charge in [-0.1, -0.05) is 35.5 Å². The summed E-state index contributed by atoms with van der Waals surface area (Å²) in [6.45, 7) is 1.87. The van der Waals surface area contributed by atoms with Crippen LogP contribution in [-0.2, 0) is 6.18 Å². The topological polar surface area (TPSA) is 60.7 Å². The minimum absolute atomic E-state index is 0.0687. The molecule has 0 atom stereocenters. The Morgan fingerprint density at radius 1 is 0.967 bits per heavy atom. The van der Waals surface area contributed by atoms with E-state index in [9.17, 15) is 18.0 Å². The van der Waals surface area contributed by atoms with Crippen LogP contribution in [0.2, 0.25) is 0 Å². The molecule has 0 aliphatic rings. The van der Waals surface area contributed by atoms with Gasteiger partial charge in [0, 0.05) is 11.8 Å². The number of hydrogen-bond acceptors (Lipinski definition) is 4. The van der Waals surface area contributed by atoms with E-state index in [4.69, 9.17) is 0 Å². The number of carbonyl (C=O) groups excluding carboxylic acids is 1. The van der Waals surface area contributed by atoms with Crippen LogP contribution in [0.15, 0.2) is 72.9 Å². The number of halogens is 3. The molecule has 0 saturated carbocycles. The molecule has 30 heavy (non-hydrogen) atoms. The summed E-state index contributed by atoms with van der Waals surface area (Å²) in [6, 6.07) is 16.6. The highest BCUT2D eigenvalue weighted by molar-refractivity contribution is 6.10. The molecule has 0 saturated heterocycles. The lowest BCUT2D eigenvalue weighted by Gasteiger charge is -2.10. The molecule has 0 spiro atoms. The van der Waals surface area contributed by atoms with Crippen molar-refractivity contribution >= 4 is 5.78 Å². The van der Waals surface area contributed by atoms with Crippen molar-refractivity contribution in [3.63, 3.8) is 0 Å². The molecule has 0 N–H and O–H groups in total. The second-order valence-electron chi connectivity index (χ2n) is 6.66. The molecule has 150 valence electrons. The number of carbonyl (C=O) groups is 1. The van der Waals surface area contributed by atoms with Crippen LogP contribution in [0, 0.1) is 6.92 Å². The van der Waals surface area contributed by atoms with Gasteiger partial charge in [0.25, 0.3) is 0 Å². The molecule has 0 fully saturated rings. The van der Waals surface area contributed by atoms with Crippen molar-refractivity contribution in [1.29, 1.82) is 0 Å². The number of hydrogen-bond donors (Lipinski definition) is 0. The van der Waals surface area contributed by atoms with Gasteiger partial charge in [-0.25, -0.2) is 4.68 Å². The second-order valence-corrected chi connectivity index (χ2v) is 6.66. The summed E-state index contributed by atoms with van der Waals surface area (Å²) in [6.07, 6.45) is -2.86. The van der Waals surface area contributed by atoms with E-state index in [1.54, 1.807) is 48.7 Å². The highest BCUT2D eigenvalue weighted by Gasteiger charge is 2.30. The maximum Gasteiger partial charge on any atom is 0.416 e. The molecule has 4 rings (SSSR count). The molecule has 0 bridgehead atoms. The van der Waals surface area contributed by atoms with Crippen molar-refractivity contribution in [3.8, 4) is 17.1 Å². The minimum Gasteiger partial charge on any atom is -0.287 e. The predicted octanol–water partition coefficient (Wildman–Crippen LogP) is 4.89. The van der Waals surface area contributed by atoms with Gasteiger partial charge in [-0.2, -0.15) is 13.2 Å². The fraction of sp³-hybridized carbons (Fsp3) is 0.0909. The quantitative estimate of drug-likeness (QED) is 0.451. The fourth-order valence-corrected chi connectivity index (χ4v) is 3.03. The third kappa shape index (κ3) is 3.71. The van der Waals surface area contributed by atoms with E-state index in [-0.39, 0.29) is 11.5 Å². The van der Waals surface area contributed by atoms with Gasteiger partial charge in [0.15, 0.2) is 5.69 Å². The third-order valence-corrected chi connectivity index (χ3v) is 4.52. The number of pyridine rings is 1. The van der Waals surface area contributed by atoms with Gasteiger partial charge < -0.3 is 0 Å². The number of aryl methyl sites for hydroxylation is 1. The average molecular weight is 408 g/mol. The summed E-state index contributed by atoms with van der Waals surface area (Å²) in [7, 11) is 0. The maximum atomic E-state index is 13.1. The van der Waals surface area contributed by atoms with Gasteiger partial charge in [0.1, 0.15) is 5.69 Å². The van der Waals surface area contributed by atoms with Gasteiger partial charge >= 0.3 is 6.18 Å². The summed E-state index contributed by atoms with van der Waals surface area (Å²) in [5, 5.41) is 8.10. The van der Waals surface area contributed by atoms with Crippen LogP contribution in [0.25, 0.3) is 17.1 Å². The molecule has 2 aromatic heterocycles. The van der Waals surface area contributed by atoms with Crippen molar-refractivity contribution in [2.75, 3.05) is 0 Å². The van der Waals surface area contributed by atoms with Crippen LogP contribution in [0.5, 0.6) is 0 Å². The first-order valence-electron chi connectivity index (χ1n) is 9.01. The highest BCUT2D eigenvalue weighted by atomic mass is 19.4. The summed E-state index contributed by atoms with van der Waals surface area (Å²) in [5.74, 6) is -0.355. The van der Waals surface area contributed by atoms with Crippen molar-refractivity contribution in [3.05, 3.63) is 95.3 Å². The van der Waals surface area contributed by atoms with Crippen LogP contribution in [-0.4, -0.2) is 25.8 Å². The highest BCUT2D eigenvalue weighted by Crippen LogP contribution is 2.31. The number of ketones is 1. The van der Waals surface area contributed by atoms with Crippen molar-refractivity contribution in [2.24, 2.45) is 0 Å². The Labute approximate surface area is 169 Å². The molecular formula is C22H15F3N4O. The lowest BCUT2D eigenvalue weighted by molar-refractivity contribution is -0.137. The Balaban J connectivity index is 1.88. The SMILES string of the molecule is Cc1ccnc(-c2c(C(=O)c3ccccc3)nnn2-c2ccc(C(F)(F)F)cc2)c1. The number of rotatable bonds is 4. The largest absolute Gasteiger partial charge is 0.416 e. The smallest absolute Gasteiger partial charge is 0.287 e. The van der Waals surface area contributed by atoms with Crippen LogP contribution >= 0.6 is 0 Å². The molecule has 0 aliphatic carbocycles. The van der Waals surface area contributed by atoms with Crippen molar-refractivity contribution in [2.45, 2.75) is 13.1 Å². The Kier molecular flexibility index (Phi) is 4.91. The Morgan fingerprint density at radius 3 is 2.30 bits per heavy atom. The fourth-order valence-electron chi connectivity index (χ4n) is 3.03. The monoisotopic (exact) mass is 408 g/mol. The normalized spacial score (nSPS) is 11.5. The van der Waals surface area contributed by atoms with Gasteiger partial charge in [-0.3, -0.25) is 9.78 Å². The van der Waals surface area contributed by atoms with Gasteiger partial charge in [0.2, 0.25) is 5.78 Å². The Hall–Kier alpha value is -3.81. The maximum absolute atomic E-state index is 13.1. The van der Waals surface area contributed by atoms with E-state index in [0.29, 0.717) is 22.6 Å². The van der Waals surface area contributed by atoms with E-state index in [1.165, 1.54) is 16.8 Å². The lowest BCUT2D eigenvalue weighted by Crippen LogP contribution is -2.08. The zero-order chi connectivity index (χ0) is 21.3. The van der Waals surface area contributed by atoms with Crippen LogP contribution in [0.3, 0.4) is 0 Å². The Morgan fingerprint density at radius 2 is 1.67 bits per heavy atom. The molecule has 4 aromatic rings.